The normalized spacial score (nSPS) is 11.8. The maximum absolute atomic E-state index is 12.8. The number of aryl methyl sites for hydroxylation is 2. The molecule has 2 aromatic carbocycles. The van der Waals surface area contributed by atoms with E-state index in [2.05, 4.69) is 16.7 Å². The van der Waals surface area contributed by atoms with Crippen molar-refractivity contribution in [1.29, 1.82) is 0 Å². The largest absolute Gasteiger partial charge is 0.374 e. The number of carbonyl (C=O) groups excluding carboxylic acids is 1. The lowest BCUT2D eigenvalue weighted by atomic mass is 10.1. The minimum Gasteiger partial charge on any atom is -0.374 e. The van der Waals surface area contributed by atoms with Crippen LogP contribution in [0.4, 0.5) is 15.8 Å². The summed E-state index contributed by atoms with van der Waals surface area (Å²) in [6, 6.07) is 11.4. The third-order valence-electron chi connectivity index (χ3n) is 3.11. The van der Waals surface area contributed by atoms with Gasteiger partial charge < -0.3 is 10.6 Å². The Morgan fingerprint density at radius 1 is 1.00 bits per heavy atom. The van der Waals surface area contributed by atoms with Crippen LogP contribution in [-0.4, -0.2) is 11.9 Å². The summed E-state index contributed by atoms with van der Waals surface area (Å²) in [7, 11) is 0. The lowest BCUT2D eigenvalue weighted by Gasteiger charge is -2.16. The van der Waals surface area contributed by atoms with Crippen molar-refractivity contribution in [3.8, 4) is 0 Å². The summed E-state index contributed by atoms with van der Waals surface area (Å²) >= 11 is 0. The van der Waals surface area contributed by atoms with Gasteiger partial charge in [-0.05, 0) is 68.3 Å². The van der Waals surface area contributed by atoms with Crippen LogP contribution in [0.3, 0.4) is 0 Å². The molecule has 1 atom stereocenters. The number of hydrogen-bond acceptors (Lipinski definition) is 2. The second-order valence-electron chi connectivity index (χ2n) is 5.24. The van der Waals surface area contributed by atoms with E-state index in [1.165, 1.54) is 24.3 Å². The average molecular weight is 286 g/mol. The molecule has 0 saturated heterocycles. The summed E-state index contributed by atoms with van der Waals surface area (Å²) in [4.78, 5) is 12.1. The first-order valence-corrected chi connectivity index (χ1v) is 6.85. The van der Waals surface area contributed by atoms with Crippen LogP contribution in [0, 0.1) is 19.7 Å². The van der Waals surface area contributed by atoms with Crippen LogP contribution >= 0.6 is 0 Å². The molecule has 21 heavy (non-hydrogen) atoms. The van der Waals surface area contributed by atoms with Crippen molar-refractivity contribution >= 4 is 17.3 Å². The number of nitrogens with one attached hydrogen (secondary N) is 2. The second-order valence-corrected chi connectivity index (χ2v) is 5.24. The smallest absolute Gasteiger partial charge is 0.246 e. The first kappa shape index (κ1) is 15.0. The molecule has 4 heteroatoms. The highest BCUT2D eigenvalue weighted by molar-refractivity contribution is 5.96. The van der Waals surface area contributed by atoms with Crippen molar-refractivity contribution in [3.05, 3.63) is 59.4 Å². The Morgan fingerprint density at radius 3 is 2.14 bits per heavy atom. The lowest BCUT2D eigenvalue weighted by molar-refractivity contribution is -0.116. The van der Waals surface area contributed by atoms with Gasteiger partial charge in [-0.15, -0.1) is 0 Å². The van der Waals surface area contributed by atoms with E-state index in [0.717, 1.165) is 16.8 Å². The minimum absolute atomic E-state index is 0.166. The summed E-state index contributed by atoms with van der Waals surface area (Å²) in [5, 5.41) is 5.92. The number of hydrogen-bond donors (Lipinski definition) is 2. The topological polar surface area (TPSA) is 41.1 Å². The Labute approximate surface area is 124 Å². The third kappa shape index (κ3) is 4.31. The molecule has 3 nitrogen and oxygen atoms in total. The number of benzene rings is 2. The van der Waals surface area contributed by atoms with Gasteiger partial charge in [0.05, 0.1) is 0 Å². The summed E-state index contributed by atoms with van der Waals surface area (Å²) in [5.74, 6) is -0.491. The molecule has 0 unspecified atom stereocenters. The zero-order valence-electron chi connectivity index (χ0n) is 12.4. The van der Waals surface area contributed by atoms with Gasteiger partial charge in [0.1, 0.15) is 11.9 Å². The number of rotatable bonds is 4. The molecule has 0 radical (unpaired) electrons. The van der Waals surface area contributed by atoms with Gasteiger partial charge in [-0.25, -0.2) is 4.39 Å². The van der Waals surface area contributed by atoms with Crippen molar-refractivity contribution in [1.82, 2.24) is 0 Å². The van der Waals surface area contributed by atoms with Gasteiger partial charge in [-0.3, -0.25) is 4.79 Å². The van der Waals surface area contributed by atoms with Gasteiger partial charge >= 0.3 is 0 Å². The van der Waals surface area contributed by atoms with Gasteiger partial charge in [0.15, 0.2) is 0 Å². The van der Waals surface area contributed by atoms with E-state index >= 15 is 0 Å². The Bertz CT molecular complexity index is 617. The molecule has 0 spiro atoms. The highest BCUT2D eigenvalue weighted by Gasteiger charge is 2.13. The zero-order chi connectivity index (χ0) is 15.4. The van der Waals surface area contributed by atoms with Gasteiger partial charge in [0.25, 0.3) is 0 Å². The van der Waals surface area contributed by atoms with Crippen LogP contribution < -0.4 is 10.6 Å². The highest BCUT2D eigenvalue weighted by atomic mass is 19.1. The van der Waals surface area contributed by atoms with Crippen LogP contribution in [0.5, 0.6) is 0 Å². The molecule has 0 aliphatic carbocycles. The van der Waals surface area contributed by atoms with Gasteiger partial charge in [-0.2, -0.15) is 0 Å². The summed E-state index contributed by atoms with van der Waals surface area (Å²) in [6.07, 6.45) is 0. The summed E-state index contributed by atoms with van der Waals surface area (Å²) in [5.41, 5.74) is 3.78. The van der Waals surface area contributed by atoms with E-state index in [1.807, 2.05) is 26.0 Å². The maximum atomic E-state index is 12.8. The van der Waals surface area contributed by atoms with E-state index in [9.17, 15) is 9.18 Å². The third-order valence-corrected chi connectivity index (χ3v) is 3.11. The second kappa shape index (κ2) is 6.39. The number of carbonyl (C=O) groups is 1. The number of halogens is 1. The van der Waals surface area contributed by atoms with Crippen molar-refractivity contribution in [3.63, 3.8) is 0 Å². The van der Waals surface area contributed by atoms with E-state index in [0.29, 0.717) is 5.69 Å². The predicted octanol–water partition coefficient (Wildman–Crippen LogP) is 3.88. The molecule has 0 heterocycles. The molecule has 2 rings (SSSR count). The Kier molecular flexibility index (Phi) is 4.58. The fourth-order valence-corrected chi connectivity index (χ4v) is 2.16. The van der Waals surface area contributed by atoms with E-state index in [1.54, 1.807) is 6.92 Å². The van der Waals surface area contributed by atoms with Gasteiger partial charge in [-0.1, -0.05) is 6.07 Å². The molecular formula is C17H19FN2O. The monoisotopic (exact) mass is 286 g/mol. The molecule has 2 N–H and O–H groups in total. The van der Waals surface area contributed by atoms with Gasteiger partial charge in [0.2, 0.25) is 5.91 Å². The molecular weight excluding hydrogens is 267 g/mol. The quantitative estimate of drug-likeness (QED) is 0.895. The van der Waals surface area contributed by atoms with E-state index in [4.69, 9.17) is 0 Å². The molecule has 0 aliphatic heterocycles. The lowest BCUT2D eigenvalue weighted by Crippen LogP contribution is -2.31. The van der Waals surface area contributed by atoms with Crippen LogP contribution in [0.15, 0.2) is 42.5 Å². The van der Waals surface area contributed by atoms with Gasteiger partial charge in [0, 0.05) is 11.4 Å². The Hall–Kier alpha value is -2.36. The van der Waals surface area contributed by atoms with Crippen LogP contribution in [0.1, 0.15) is 18.1 Å². The van der Waals surface area contributed by atoms with Crippen LogP contribution in [0.2, 0.25) is 0 Å². The van der Waals surface area contributed by atoms with Crippen LogP contribution in [0.25, 0.3) is 0 Å². The first-order valence-electron chi connectivity index (χ1n) is 6.85. The first-order chi connectivity index (χ1) is 9.94. The van der Waals surface area contributed by atoms with E-state index < -0.39 is 6.04 Å². The minimum atomic E-state index is -0.392. The predicted molar refractivity (Wildman–Crippen MR) is 84.0 cm³/mol. The maximum Gasteiger partial charge on any atom is 0.246 e. The molecule has 0 fully saturated rings. The fraction of sp³-hybridized carbons (Fsp3) is 0.235. The number of anilines is 2. The van der Waals surface area contributed by atoms with Crippen molar-refractivity contribution in [2.24, 2.45) is 0 Å². The molecule has 0 aliphatic rings. The molecule has 0 bridgehead atoms. The molecule has 1 amide bonds. The van der Waals surface area contributed by atoms with Crippen molar-refractivity contribution < 1.29 is 9.18 Å². The van der Waals surface area contributed by atoms with Crippen molar-refractivity contribution in [2.75, 3.05) is 10.6 Å². The fourth-order valence-electron chi connectivity index (χ4n) is 2.16. The molecule has 2 aromatic rings. The Morgan fingerprint density at radius 2 is 1.57 bits per heavy atom. The van der Waals surface area contributed by atoms with Crippen LogP contribution in [-0.2, 0) is 4.79 Å². The highest BCUT2D eigenvalue weighted by Crippen LogP contribution is 2.15. The zero-order valence-corrected chi connectivity index (χ0v) is 12.4. The Balaban J connectivity index is 2.00. The number of amides is 1. The van der Waals surface area contributed by atoms with Crippen molar-refractivity contribution in [2.45, 2.75) is 26.8 Å². The van der Waals surface area contributed by atoms with E-state index in [-0.39, 0.29) is 11.7 Å². The molecule has 110 valence electrons. The summed E-state index contributed by atoms with van der Waals surface area (Å²) < 4.78 is 12.8. The molecule has 0 aromatic heterocycles. The SMILES string of the molecule is Cc1cc(C)cc(N[C@@H](C)C(=O)Nc2ccc(F)cc2)c1. The molecule has 0 saturated carbocycles. The average Bonchev–Trinajstić information content (AvgIpc) is 2.40. The standard InChI is InChI=1S/C17H19FN2O/c1-11-8-12(2)10-16(9-11)19-13(3)17(21)20-15-6-4-14(18)5-7-15/h4-10,13,19H,1-3H3,(H,20,21)/t13-/m0/s1. The summed E-state index contributed by atoms with van der Waals surface area (Å²) in [6.45, 7) is 5.82.